The third-order valence-corrected chi connectivity index (χ3v) is 8.57. The van der Waals surface area contributed by atoms with Crippen LogP contribution in [0.1, 0.15) is 115 Å². The fourth-order valence-electron chi connectivity index (χ4n) is 5.10. The highest BCUT2D eigenvalue weighted by Crippen LogP contribution is 2.46. The minimum absolute atomic E-state index is 0.0368. The smallest absolute Gasteiger partial charge is 0.305 e. The van der Waals surface area contributed by atoms with Crippen LogP contribution >= 0.6 is 0 Å². The summed E-state index contributed by atoms with van der Waals surface area (Å²) >= 11 is 0. The topological polar surface area (TPSA) is 54.0 Å². The summed E-state index contributed by atoms with van der Waals surface area (Å²) in [6.07, 6.45) is 2.12. The molecule has 5 nitrogen and oxygen atoms in total. The van der Waals surface area contributed by atoms with Gasteiger partial charge in [0.05, 0.1) is 18.8 Å². The Bertz CT molecular complexity index is 1120. The summed E-state index contributed by atoms with van der Waals surface area (Å²) in [5.41, 5.74) is 4.59. The first-order valence-electron chi connectivity index (χ1n) is 15.5. The van der Waals surface area contributed by atoms with E-state index in [1.54, 1.807) is 0 Å². The molecule has 2 rings (SSSR count). The summed E-state index contributed by atoms with van der Waals surface area (Å²) in [6.45, 7) is 27.3. The van der Waals surface area contributed by atoms with E-state index in [1.807, 2.05) is 6.92 Å². The van der Waals surface area contributed by atoms with Gasteiger partial charge in [0.1, 0.15) is 12.4 Å². The first kappa shape index (κ1) is 36.3. The number of ether oxygens (including phenoxy) is 2. The Morgan fingerprint density at radius 1 is 0.833 bits per heavy atom. The molecule has 0 aliphatic carbocycles. The summed E-state index contributed by atoms with van der Waals surface area (Å²) in [6, 6.07) is 15.1. The zero-order chi connectivity index (χ0) is 31.7. The molecule has 7 heteroatoms. The van der Waals surface area contributed by atoms with Gasteiger partial charge in [-0.3, -0.25) is 4.79 Å². The summed E-state index contributed by atoms with van der Waals surface area (Å²) in [7, 11) is -1.89. The van der Waals surface area contributed by atoms with E-state index in [0.717, 1.165) is 24.2 Å². The Balaban J connectivity index is 2.34. The van der Waals surface area contributed by atoms with Crippen molar-refractivity contribution in [2.24, 2.45) is 10.8 Å². The van der Waals surface area contributed by atoms with Crippen molar-refractivity contribution in [1.29, 1.82) is 0 Å². The first-order valence-corrected chi connectivity index (χ1v) is 20.3. The van der Waals surface area contributed by atoms with Crippen LogP contribution in [0.2, 0.25) is 26.2 Å². The number of rotatable bonds is 15. The second kappa shape index (κ2) is 16.2. The van der Waals surface area contributed by atoms with Crippen molar-refractivity contribution >= 4 is 24.0 Å². The second-order valence-corrected chi connectivity index (χ2v) is 18.1. The molecule has 0 aliphatic rings. The number of benzene rings is 2. The molecule has 0 amide bonds. The van der Waals surface area contributed by atoms with Crippen molar-refractivity contribution in [2.45, 2.75) is 126 Å². The number of hydrogen-bond acceptors (Lipinski definition) is 5. The standard InChI is InChI=1S/C35H56O5Si2/c1-13-37-31(36)19-14-16-25(2)27-18-15-17-26(22-27)24-38-28-20-21-29(32(34(3,4)5)39-41(9)10)30(23-28)33(35(6,7)8)40-42(11)12/h15,17-18,20-23,25,32-33H,13-14,16,19,24H2,1-12H3. The molecule has 234 valence electrons. The fourth-order valence-corrected chi connectivity index (χ4v) is 7.01. The number of hydrogen-bond donors (Lipinski definition) is 0. The molecule has 42 heavy (non-hydrogen) atoms. The molecule has 2 radical (unpaired) electrons. The van der Waals surface area contributed by atoms with Crippen LogP contribution in [-0.4, -0.2) is 30.7 Å². The molecule has 0 aliphatic heterocycles. The molecule has 0 bridgehead atoms. The molecule has 0 heterocycles. The van der Waals surface area contributed by atoms with E-state index >= 15 is 0 Å². The van der Waals surface area contributed by atoms with Gasteiger partial charge in [-0.1, -0.05) is 78.8 Å². The van der Waals surface area contributed by atoms with Crippen LogP contribution in [0.15, 0.2) is 42.5 Å². The molecule has 0 saturated heterocycles. The molecule has 0 N–H and O–H groups in total. The quantitative estimate of drug-likeness (QED) is 0.148. The van der Waals surface area contributed by atoms with E-state index in [-0.39, 0.29) is 29.0 Å². The lowest BCUT2D eigenvalue weighted by Crippen LogP contribution is -2.31. The highest BCUT2D eigenvalue weighted by molar-refractivity contribution is 6.48. The Morgan fingerprint density at radius 3 is 1.98 bits per heavy atom. The number of carbonyl (C=O) groups excluding carboxylic acids is 1. The SMILES string of the molecule is CCOC(=O)CCCC(C)c1cccc(COc2ccc(C(O[Si](C)C)C(C)(C)C)c(C(O[Si](C)C)C(C)(C)C)c2)c1. The van der Waals surface area contributed by atoms with Gasteiger partial charge in [-0.2, -0.15) is 0 Å². The molecule has 2 aromatic carbocycles. The molecule has 3 atom stereocenters. The lowest BCUT2D eigenvalue weighted by molar-refractivity contribution is -0.143. The van der Waals surface area contributed by atoms with Crippen LogP contribution < -0.4 is 4.74 Å². The van der Waals surface area contributed by atoms with Gasteiger partial charge in [0.25, 0.3) is 0 Å². The Labute approximate surface area is 260 Å². The minimum Gasteiger partial charge on any atom is -0.489 e. The predicted octanol–water partition coefficient (Wildman–Crippen LogP) is 9.81. The zero-order valence-electron chi connectivity index (χ0n) is 28.4. The Hall–Kier alpha value is -1.94. The molecule has 0 saturated carbocycles. The van der Waals surface area contributed by atoms with Crippen molar-refractivity contribution in [3.63, 3.8) is 0 Å². The summed E-state index contributed by atoms with van der Waals surface area (Å²) < 4.78 is 24.9. The van der Waals surface area contributed by atoms with Crippen molar-refractivity contribution in [3.05, 3.63) is 64.7 Å². The van der Waals surface area contributed by atoms with Crippen molar-refractivity contribution < 1.29 is 23.1 Å². The largest absolute Gasteiger partial charge is 0.489 e. The van der Waals surface area contributed by atoms with Gasteiger partial charge < -0.3 is 18.3 Å². The molecule has 0 fully saturated rings. The van der Waals surface area contributed by atoms with Gasteiger partial charge in [-0.05, 0) is 97.1 Å². The summed E-state index contributed by atoms with van der Waals surface area (Å²) in [5.74, 6) is 1.08. The minimum atomic E-state index is -0.958. The fraction of sp³-hybridized carbons (Fsp3) is 0.629. The third kappa shape index (κ3) is 11.6. The maximum atomic E-state index is 11.7. The lowest BCUT2D eigenvalue weighted by Gasteiger charge is -2.39. The van der Waals surface area contributed by atoms with Crippen molar-refractivity contribution in [3.8, 4) is 5.75 Å². The number of esters is 1. The average Bonchev–Trinajstić information content (AvgIpc) is 2.88. The van der Waals surface area contributed by atoms with Crippen LogP contribution in [0.5, 0.6) is 5.75 Å². The maximum Gasteiger partial charge on any atom is 0.305 e. The summed E-state index contributed by atoms with van der Waals surface area (Å²) in [4.78, 5) is 11.7. The van der Waals surface area contributed by atoms with E-state index in [9.17, 15) is 4.79 Å². The van der Waals surface area contributed by atoms with E-state index in [1.165, 1.54) is 16.7 Å². The Kier molecular flexibility index (Phi) is 14.0. The molecule has 0 spiro atoms. The highest BCUT2D eigenvalue weighted by Gasteiger charge is 2.36. The second-order valence-electron chi connectivity index (χ2n) is 14.0. The van der Waals surface area contributed by atoms with Crippen molar-refractivity contribution in [2.75, 3.05) is 6.61 Å². The molecular formula is C35H56O5Si2. The molecule has 0 aromatic heterocycles. The van der Waals surface area contributed by atoms with Crippen molar-refractivity contribution in [1.82, 2.24) is 0 Å². The van der Waals surface area contributed by atoms with Crippen LogP contribution in [-0.2, 0) is 25.0 Å². The summed E-state index contributed by atoms with van der Waals surface area (Å²) in [5, 5.41) is 0. The van der Waals surface area contributed by atoms with Gasteiger partial charge in [0.2, 0.25) is 18.1 Å². The normalized spacial score (nSPS) is 14.6. The van der Waals surface area contributed by atoms with Gasteiger partial charge in [0, 0.05) is 6.42 Å². The third-order valence-electron chi connectivity index (χ3n) is 7.15. The van der Waals surface area contributed by atoms with Crippen LogP contribution in [0.4, 0.5) is 0 Å². The average molecular weight is 613 g/mol. The first-order chi connectivity index (χ1) is 19.5. The number of carbonyl (C=O) groups is 1. The highest BCUT2D eigenvalue weighted by atomic mass is 28.3. The van der Waals surface area contributed by atoms with Gasteiger partial charge >= 0.3 is 5.97 Å². The van der Waals surface area contributed by atoms with E-state index < -0.39 is 18.1 Å². The lowest BCUT2D eigenvalue weighted by atomic mass is 9.77. The van der Waals surface area contributed by atoms with E-state index in [2.05, 4.69) is 117 Å². The van der Waals surface area contributed by atoms with Crippen LogP contribution in [0.25, 0.3) is 0 Å². The molecular weight excluding hydrogens is 557 g/mol. The molecule has 2 aromatic rings. The van der Waals surface area contributed by atoms with E-state index in [4.69, 9.17) is 18.3 Å². The van der Waals surface area contributed by atoms with Crippen LogP contribution in [0, 0.1) is 10.8 Å². The predicted molar refractivity (Wildman–Crippen MR) is 178 cm³/mol. The zero-order valence-corrected chi connectivity index (χ0v) is 30.4. The van der Waals surface area contributed by atoms with E-state index in [0.29, 0.717) is 25.6 Å². The Morgan fingerprint density at radius 2 is 1.43 bits per heavy atom. The molecule has 3 unspecified atom stereocenters. The van der Waals surface area contributed by atoms with Gasteiger partial charge in [0.15, 0.2) is 0 Å². The van der Waals surface area contributed by atoms with Gasteiger partial charge in [-0.15, -0.1) is 0 Å². The van der Waals surface area contributed by atoms with Gasteiger partial charge in [-0.25, -0.2) is 0 Å². The maximum absolute atomic E-state index is 11.7. The van der Waals surface area contributed by atoms with Crippen LogP contribution in [0.3, 0.4) is 0 Å². The monoisotopic (exact) mass is 612 g/mol.